The Morgan fingerprint density at radius 2 is 1.93 bits per heavy atom. The summed E-state index contributed by atoms with van der Waals surface area (Å²) in [6.45, 7) is 1.52. The molecule has 7 nitrogen and oxygen atoms in total. The van der Waals surface area contributed by atoms with Gasteiger partial charge >= 0.3 is 6.03 Å². The van der Waals surface area contributed by atoms with Gasteiger partial charge in [-0.3, -0.25) is 15.0 Å². The molecule has 1 fully saturated rings. The average molecular weight is 406 g/mol. The van der Waals surface area contributed by atoms with Crippen LogP contribution in [0.3, 0.4) is 0 Å². The van der Waals surface area contributed by atoms with Crippen LogP contribution in [0.1, 0.15) is 18.1 Å². The Bertz CT molecular complexity index is 930. The molecule has 1 aliphatic heterocycles. The first-order valence-corrected chi connectivity index (χ1v) is 8.67. The van der Waals surface area contributed by atoms with E-state index in [9.17, 15) is 18.8 Å². The van der Waals surface area contributed by atoms with E-state index in [4.69, 9.17) is 16.3 Å². The minimum atomic E-state index is -1.37. The molecule has 0 spiro atoms. The summed E-state index contributed by atoms with van der Waals surface area (Å²) in [5.74, 6) is -1.48. The number of amides is 4. The molecule has 1 atom stereocenters. The third kappa shape index (κ3) is 3.50. The second-order valence-corrected chi connectivity index (χ2v) is 6.74. The number of nitrogens with one attached hydrogen (secondary N) is 2. The highest BCUT2D eigenvalue weighted by molar-refractivity contribution is 6.31. The molecule has 9 heteroatoms. The number of benzene rings is 2. The number of carbonyl (C=O) groups is 3. The van der Waals surface area contributed by atoms with Gasteiger partial charge in [0, 0.05) is 10.6 Å². The van der Waals surface area contributed by atoms with E-state index in [2.05, 4.69) is 10.7 Å². The van der Waals surface area contributed by atoms with Gasteiger partial charge in [-0.25, -0.2) is 9.18 Å². The summed E-state index contributed by atoms with van der Waals surface area (Å²) in [5.41, 5.74) is 1.34. The van der Waals surface area contributed by atoms with E-state index in [1.165, 1.54) is 32.2 Å². The van der Waals surface area contributed by atoms with Crippen molar-refractivity contribution in [3.63, 3.8) is 0 Å². The van der Waals surface area contributed by atoms with Gasteiger partial charge in [0.25, 0.3) is 5.91 Å². The number of hydrogen-bond acceptors (Lipinski definition) is 4. The molecule has 1 saturated heterocycles. The Morgan fingerprint density at radius 3 is 2.54 bits per heavy atom. The minimum absolute atomic E-state index is 0.0216. The smallest absolute Gasteiger partial charge is 0.344 e. The van der Waals surface area contributed by atoms with Crippen LogP contribution in [-0.2, 0) is 21.5 Å². The molecular weight excluding hydrogens is 389 g/mol. The Hall–Kier alpha value is -3.13. The van der Waals surface area contributed by atoms with Crippen molar-refractivity contribution in [2.45, 2.75) is 18.9 Å². The van der Waals surface area contributed by atoms with Crippen molar-refractivity contribution in [1.29, 1.82) is 0 Å². The molecule has 0 aromatic heterocycles. The van der Waals surface area contributed by atoms with Gasteiger partial charge in [-0.05, 0) is 36.8 Å². The Kier molecular flexibility index (Phi) is 5.24. The maximum absolute atomic E-state index is 13.8. The van der Waals surface area contributed by atoms with Crippen molar-refractivity contribution >= 4 is 29.4 Å². The third-order valence-corrected chi connectivity index (χ3v) is 4.85. The van der Waals surface area contributed by atoms with Crippen molar-refractivity contribution < 1.29 is 23.5 Å². The molecule has 0 saturated carbocycles. The summed E-state index contributed by atoms with van der Waals surface area (Å²) < 4.78 is 18.9. The SMILES string of the molecule is COc1ccc([C@]2(C)NC(=O)N(NC(=O)Cc3c(F)cccc3Cl)C2=O)cc1. The number of ether oxygens (including phenoxy) is 1. The Morgan fingerprint density at radius 1 is 1.25 bits per heavy atom. The van der Waals surface area contributed by atoms with Crippen molar-refractivity contribution in [1.82, 2.24) is 15.8 Å². The van der Waals surface area contributed by atoms with E-state index in [1.54, 1.807) is 24.3 Å². The van der Waals surface area contributed by atoms with E-state index in [0.717, 1.165) is 0 Å². The minimum Gasteiger partial charge on any atom is -0.497 e. The first-order valence-electron chi connectivity index (χ1n) is 8.30. The molecule has 0 bridgehead atoms. The van der Waals surface area contributed by atoms with Crippen LogP contribution in [0.4, 0.5) is 9.18 Å². The molecule has 2 N–H and O–H groups in total. The number of halogens is 2. The average Bonchev–Trinajstić information content (AvgIpc) is 2.89. The summed E-state index contributed by atoms with van der Waals surface area (Å²) in [4.78, 5) is 37.4. The maximum atomic E-state index is 13.8. The van der Waals surface area contributed by atoms with E-state index in [1.807, 2.05) is 0 Å². The monoisotopic (exact) mass is 405 g/mol. The van der Waals surface area contributed by atoms with Gasteiger partial charge in [0.2, 0.25) is 5.91 Å². The molecule has 0 aliphatic carbocycles. The standard InChI is InChI=1S/C19H17ClFN3O4/c1-19(11-6-8-12(28-2)9-7-11)17(26)24(18(27)22-19)23-16(25)10-13-14(20)4-3-5-15(13)21/h3-9H,10H2,1-2H3,(H,22,27)(H,23,25)/t19-/m0/s1. The van der Waals surface area contributed by atoms with Gasteiger partial charge in [-0.2, -0.15) is 5.01 Å². The second kappa shape index (κ2) is 7.47. The van der Waals surface area contributed by atoms with Gasteiger partial charge in [0.05, 0.1) is 13.5 Å². The highest BCUT2D eigenvalue weighted by Gasteiger charge is 2.50. The van der Waals surface area contributed by atoms with Crippen molar-refractivity contribution in [2.24, 2.45) is 0 Å². The first-order chi connectivity index (χ1) is 13.3. The van der Waals surface area contributed by atoms with Gasteiger partial charge in [0.1, 0.15) is 17.1 Å². The summed E-state index contributed by atoms with van der Waals surface area (Å²) in [6.07, 6.45) is -0.429. The van der Waals surface area contributed by atoms with E-state index < -0.39 is 35.6 Å². The van der Waals surface area contributed by atoms with Crippen LogP contribution < -0.4 is 15.5 Å². The van der Waals surface area contributed by atoms with Crippen LogP contribution in [0.2, 0.25) is 5.02 Å². The fourth-order valence-corrected chi connectivity index (χ4v) is 3.12. The Balaban J connectivity index is 1.77. The predicted molar refractivity (Wildman–Crippen MR) is 99.0 cm³/mol. The highest BCUT2D eigenvalue weighted by atomic mass is 35.5. The molecule has 1 heterocycles. The molecule has 3 rings (SSSR count). The number of carbonyl (C=O) groups excluding carboxylic acids is 3. The predicted octanol–water partition coefficient (Wildman–Crippen LogP) is 2.53. The van der Waals surface area contributed by atoms with Crippen LogP contribution in [0.25, 0.3) is 0 Å². The number of imide groups is 1. The second-order valence-electron chi connectivity index (χ2n) is 6.34. The quantitative estimate of drug-likeness (QED) is 0.748. The van der Waals surface area contributed by atoms with Crippen LogP contribution in [0.5, 0.6) is 5.75 Å². The summed E-state index contributed by atoms with van der Waals surface area (Å²) >= 11 is 5.91. The normalized spacial score (nSPS) is 18.8. The maximum Gasteiger partial charge on any atom is 0.344 e. The van der Waals surface area contributed by atoms with Gasteiger partial charge < -0.3 is 10.1 Å². The molecule has 28 heavy (non-hydrogen) atoms. The van der Waals surface area contributed by atoms with Crippen LogP contribution in [0.15, 0.2) is 42.5 Å². The number of nitrogens with zero attached hydrogens (tertiary/aromatic N) is 1. The van der Waals surface area contributed by atoms with Crippen LogP contribution >= 0.6 is 11.6 Å². The number of urea groups is 1. The van der Waals surface area contributed by atoms with Gasteiger partial charge in [0.15, 0.2) is 0 Å². The van der Waals surface area contributed by atoms with E-state index in [-0.39, 0.29) is 10.6 Å². The lowest BCUT2D eigenvalue weighted by atomic mass is 9.92. The molecule has 2 aromatic rings. The number of methoxy groups -OCH3 is 1. The highest BCUT2D eigenvalue weighted by Crippen LogP contribution is 2.29. The molecule has 4 amide bonds. The summed E-state index contributed by atoms with van der Waals surface area (Å²) in [5, 5.41) is 3.22. The van der Waals surface area contributed by atoms with Gasteiger partial charge in [-0.1, -0.05) is 29.8 Å². The zero-order valence-corrected chi connectivity index (χ0v) is 15.8. The van der Waals surface area contributed by atoms with Crippen molar-refractivity contribution in [2.75, 3.05) is 7.11 Å². The van der Waals surface area contributed by atoms with Crippen molar-refractivity contribution in [3.8, 4) is 5.75 Å². The third-order valence-electron chi connectivity index (χ3n) is 4.49. The lowest BCUT2D eigenvalue weighted by Crippen LogP contribution is -2.48. The fraction of sp³-hybridized carbons (Fsp3) is 0.211. The molecule has 0 radical (unpaired) electrons. The lowest BCUT2D eigenvalue weighted by molar-refractivity contribution is -0.138. The number of hydrogen-bond donors (Lipinski definition) is 2. The summed E-state index contributed by atoms with van der Waals surface area (Å²) in [6, 6.07) is 9.82. The molecular formula is C19H17ClFN3O4. The van der Waals surface area contributed by atoms with Crippen LogP contribution in [0, 0.1) is 5.82 Å². The summed E-state index contributed by atoms with van der Waals surface area (Å²) in [7, 11) is 1.51. The van der Waals surface area contributed by atoms with E-state index >= 15 is 0 Å². The molecule has 0 unspecified atom stereocenters. The zero-order valence-electron chi connectivity index (χ0n) is 15.1. The lowest BCUT2D eigenvalue weighted by Gasteiger charge is -2.22. The first kappa shape index (κ1) is 19.6. The fourth-order valence-electron chi connectivity index (χ4n) is 2.89. The number of rotatable bonds is 5. The molecule has 146 valence electrons. The molecule has 1 aliphatic rings. The zero-order chi connectivity index (χ0) is 20.5. The number of hydrazine groups is 1. The molecule has 2 aromatic carbocycles. The van der Waals surface area contributed by atoms with E-state index in [0.29, 0.717) is 16.3 Å². The Labute approximate surface area is 165 Å². The largest absolute Gasteiger partial charge is 0.497 e. The van der Waals surface area contributed by atoms with Crippen LogP contribution in [-0.4, -0.2) is 30.0 Å². The van der Waals surface area contributed by atoms with Crippen molar-refractivity contribution in [3.05, 3.63) is 64.4 Å². The topological polar surface area (TPSA) is 87.7 Å². The van der Waals surface area contributed by atoms with Gasteiger partial charge in [-0.15, -0.1) is 0 Å².